The van der Waals surface area contributed by atoms with Crippen molar-refractivity contribution in [1.29, 1.82) is 0 Å². The van der Waals surface area contributed by atoms with Gasteiger partial charge in [-0.3, -0.25) is 5.10 Å². The second-order valence-corrected chi connectivity index (χ2v) is 6.04. The molecule has 1 aromatic heterocycles. The third-order valence-corrected chi connectivity index (χ3v) is 4.23. The smallest absolute Gasteiger partial charge is 0.381 e. The van der Waals surface area contributed by atoms with Gasteiger partial charge in [0, 0.05) is 5.56 Å². The van der Waals surface area contributed by atoms with Gasteiger partial charge in [-0.2, -0.15) is 31.4 Å². The molecule has 0 spiro atoms. The molecule has 1 atom stereocenters. The van der Waals surface area contributed by atoms with Crippen LogP contribution in [0.1, 0.15) is 5.56 Å². The van der Waals surface area contributed by atoms with Gasteiger partial charge in [-0.25, -0.2) is 4.21 Å². The van der Waals surface area contributed by atoms with E-state index in [0.29, 0.717) is 12.1 Å². The standard InChI is InChI=1S/C11H6ClF6N3OS/c12-6-3-4(10(13,14)15)1-2-5(6)7-8(9(19)21-20-7)23(22)11(16,17)18/h1-3H,(H3,19,20,21). The Bertz CT molecular complexity index is 770. The van der Waals surface area contributed by atoms with Crippen LogP contribution >= 0.6 is 11.6 Å². The molecule has 1 aromatic carbocycles. The molecule has 0 aliphatic heterocycles. The van der Waals surface area contributed by atoms with Gasteiger partial charge in [-0.05, 0) is 12.1 Å². The number of aromatic nitrogens is 2. The minimum Gasteiger partial charge on any atom is -0.381 e. The normalized spacial score (nSPS) is 14.0. The van der Waals surface area contributed by atoms with Gasteiger partial charge in [-0.15, -0.1) is 0 Å². The quantitative estimate of drug-likeness (QED) is 0.778. The van der Waals surface area contributed by atoms with Crippen LogP contribution in [0.2, 0.25) is 5.02 Å². The Labute approximate surface area is 132 Å². The number of aromatic amines is 1. The molecule has 1 unspecified atom stereocenters. The van der Waals surface area contributed by atoms with E-state index in [1.165, 1.54) is 0 Å². The van der Waals surface area contributed by atoms with Gasteiger partial charge in [0.15, 0.2) is 16.6 Å². The van der Waals surface area contributed by atoms with Crippen LogP contribution in [0.4, 0.5) is 32.2 Å². The molecular formula is C11H6ClF6N3OS. The molecule has 0 saturated carbocycles. The van der Waals surface area contributed by atoms with E-state index < -0.39 is 49.5 Å². The summed E-state index contributed by atoms with van der Waals surface area (Å²) < 4.78 is 87.1. The molecule has 0 bridgehead atoms. The summed E-state index contributed by atoms with van der Waals surface area (Å²) in [6.45, 7) is 0. The van der Waals surface area contributed by atoms with Crippen LogP contribution in [0.25, 0.3) is 11.3 Å². The molecule has 0 radical (unpaired) electrons. The molecule has 2 aromatic rings. The van der Waals surface area contributed by atoms with Crippen molar-refractivity contribution in [3.05, 3.63) is 28.8 Å². The summed E-state index contributed by atoms with van der Waals surface area (Å²) in [6, 6.07) is 2.00. The Morgan fingerprint density at radius 1 is 1.17 bits per heavy atom. The number of rotatable bonds is 2. The number of hydrogen-bond donors (Lipinski definition) is 2. The van der Waals surface area contributed by atoms with Gasteiger partial charge in [0.1, 0.15) is 4.90 Å². The highest BCUT2D eigenvalue weighted by Crippen LogP contribution is 2.40. The van der Waals surface area contributed by atoms with Gasteiger partial charge >= 0.3 is 11.7 Å². The van der Waals surface area contributed by atoms with Crippen LogP contribution < -0.4 is 5.73 Å². The van der Waals surface area contributed by atoms with E-state index in [4.69, 9.17) is 17.3 Å². The monoisotopic (exact) mass is 377 g/mol. The van der Waals surface area contributed by atoms with E-state index in [9.17, 15) is 30.6 Å². The molecule has 1 heterocycles. The highest BCUT2D eigenvalue weighted by atomic mass is 35.5. The molecule has 0 aliphatic rings. The Morgan fingerprint density at radius 2 is 1.78 bits per heavy atom. The average molecular weight is 378 g/mol. The van der Waals surface area contributed by atoms with Crippen LogP contribution in [0.3, 0.4) is 0 Å². The lowest BCUT2D eigenvalue weighted by Gasteiger charge is -2.11. The fourth-order valence-corrected chi connectivity index (χ4v) is 2.81. The van der Waals surface area contributed by atoms with Gasteiger partial charge in [0.25, 0.3) is 0 Å². The lowest BCUT2D eigenvalue weighted by molar-refractivity contribution is -0.137. The first kappa shape index (κ1) is 17.6. The molecule has 126 valence electrons. The van der Waals surface area contributed by atoms with Crippen LogP contribution in [0, 0.1) is 0 Å². The van der Waals surface area contributed by atoms with E-state index in [1.54, 1.807) is 0 Å². The van der Waals surface area contributed by atoms with Gasteiger partial charge in [0.05, 0.1) is 16.3 Å². The highest BCUT2D eigenvalue weighted by molar-refractivity contribution is 7.86. The maximum Gasteiger partial charge on any atom is 0.476 e. The van der Waals surface area contributed by atoms with Crippen molar-refractivity contribution in [2.24, 2.45) is 0 Å². The Morgan fingerprint density at radius 3 is 2.26 bits per heavy atom. The van der Waals surface area contributed by atoms with Gasteiger partial charge < -0.3 is 5.73 Å². The second kappa shape index (κ2) is 5.71. The van der Waals surface area contributed by atoms with Crippen LogP contribution in [0.15, 0.2) is 23.1 Å². The third-order valence-electron chi connectivity index (χ3n) is 2.71. The third kappa shape index (κ3) is 3.44. The largest absolute Gasteiger partial charge is 0.476 e. The lowest BCUT2D eigenvalue weighted by atomic mass is 10.1. The molecule has 23 heavy (non-hydrogen) atoms. The molecule has 0 aliphatic carbocycles. The number of anilines is 1. The average Bonchev–Trinajstić information content (AvgIpc) is 2.77. The Hall–Kier alpha value is -1.75. The first-order valence-electron chi connectivity index (χ1n) is 5.62. The minimum atomic E-state index is -5.12. The maximum absolute atomic E-state index is 12.6. The topological polar surface area (TPSA) is 71.8 Å². The molecule has 2 rings (SSSR count). The number of benzene rings is 1. The minimum absolute atomic E-state index is 0.239. The van der Waals surface area contributed by atoms with Crippen LogP contribution in [-0.4, -0.2) is 19.9 Å². The van der Waals surface area contributed by atoms with Crippen molar-refractivity contribution in [2.45, 2.75) is 16.6 Å². The van der Waals surface area contributed by atoms with Crippen molar-refractivity contribution in [1.82, 2.24) is 10.2 Å². The summed E-state index contributed by atoms with van der Waals surface area (Å²) in [5.74, 6) is -0.688. The van der Waals surface area contributed by atoms with E-state index in [1.807, 2.05) is 0 Å². The number of nitrogens with one attached hydrogen (secondary N) is 1. The first-order chi connectivity index (χ1) is 10.4. The summed E-state index contributed by atoms with van der Waals surface area (Å²) >= 11 is 5.70. The maximum atomic E-state index is 12.6. The number of hydrogen-bond acceptors (Lipinski definition) is 3. The molecular weight excluding hydrogens is 372 g/mol. The van der Waals surface area contributed by atoms with Gasteiger partial charge in [-0.1, -0.05) is 17.7 Å². The van der Waals surface area contributed by atoms with Crippen LogP contribution in [0.5, 0.6) is 0 Å². The van der Waals surface area contributed by atoms with E-state index in [2.05, 4.69) is 10.2 Å². The fraction of sp³-hybridized carbons (Fsp3) is 0.182. The number of H-pyrrole nitrogens is 1. The number of nitrogen functional groups attached to an aromatic ring is 1. The van der Waals surface area contributed by atoms with E-state index in [-0.39, 0.29) is 5.56 Å². The van der Waals surface area contributed by atoms with Crippen LogP contribution in [-0.2, 0) is 17.0 Å². The summed E-state index contributed by atoms with van der Waals surface area (Å²) in [4.78, 5) is -0.890. The summed E-state index contributed by atoms with van der Waals surface area (Å²) in [5, 5.41) is 4.93. The number of halogens is 7. The number of alkyl halides is 6. The van der Waals surface area contributed by atoms with E-state index >= 15 is 0 Å². The second-order valence-electron chi connectivity index (χ2n) is 4.22. The van der Waals surface area contributed by atoms with Crippen molar-refractivity contribution in [3.63, 3.8) is 0 Å². The van der Waals surface area contributed by atoms with Crippen molar-refractivity contribution < 1.29 is 30.6 Å². The van der Waals surface area contributed by atoms with Crippen molar-refractivity contribution in [3.8, 4) is 11.3 Å². The number of nitrogens with two attached hydrogens (primary N) is 1. The predicted molar refractivity (Wildman–Crippen MR) is 70.9 cm³/mol. The molecule has 0 fully saturated rings. The summed E-state index contributed by atoms with van der Waals surface area (Å²) in [5.41, 5.74) is -1.64. The first-order valence-corrected chi connectivity index (χ1v) is 7.15. The lowest BCUT2D eigenvalue weighted by Crippen LogP contribution is -2.17. The molecule has 3 N–H and O–H groups in total. The zero-order chi connectivity index (χ0) is 17.6. The Kier molecular flexibility index (Phi) is 4.37. The summed E-state index contributed by atoms with van der Waals surface area (Å²) in [7, 11) is -3.52. The SMILES string of the molecule is Nc1n[nH]c(-c2ccc(C(F)(F)F)cc2Cl)c1S(=O)C(F)(F)F. The van der Waals surface area contributed by atoms with Gasteiger partial charge in [0.2, 0.25) is 0 Å². The molecule has 12 heteroatoms. The molecule has 0 amide bonds. The Balaban J connectivity index is 2.59. The van der Waals surface area contributed by atoms with Crippen molar-refractivity contribution >= 4 is 28.2 Å². The zero-order valence-corrected chi connectivity index (χ0v) is 12.3. The zero-order valence-electron chi connectivity index (χ0n) is 10.7. The molecule has 4 nitrogen and oxygen atoms in total. The molecule has 0 saturated heterocycles. The van der Waals surface area contributed by atoms with Crippen molar-refractivity contribution in [2.75, 3.05) is 5.73 Å². The fourth-order valence-electron chi connectivity index (χ4n) is 1.73. The highest BCUT2D eigenvalue weighted by Gasteiger charge is 2.42. The predicted octanol–water partition coefficient (Wildman–Crippen LogP) is 3.96. The van der Waals surface area contributed by atoms with E-state index in [0.717, 1.165) is 6.07 Å². The number of nitrogens with zero attached hydrogens (tertiary/aromatic N) is 1. The summed E-state index contributed by atoms with van der Waals surface area (Å²) in [6.07, 6.45) is -4.67.